The van der Waals surface area contributed by atoms with Gasteiger partial charge in [-0.15, -0.1) is 22.7 Å². The first-order chi connectivity index (χ1) is 16.3. The molecule has 6 heteroatoms. The van der Waals surface area contributed by atoms with Crippen molar-refractivity contribution in [2.45, 2.75) is 27.7 Å². The number of thiophene rings is 2. The molecule has 172 valence electrons. The van der Waals surface area contributed by atoms with Crippen molar-refractivity contribution in [2.75, 3.05) is 6.61 Å². The molecule has 2 aromatic heterocycles. The molecule has 3 aromatic carbocycles. The standard InChI is InChI=1S/C28H22Cl2O2S2/c1-5-32-28(31)27-11-18-10-24(30)22(13-26(18)34-27)20-7-6-19(15(3)16(20)4)21-12-25-17(9-23(21)29)8-14(2)33-25/h6-13H,5H2,1-4H3. The van der Waals surface area contributed by atoms with Crippen LogP contribution >= 0.6 is 45.9 Å². The highest BCUT2D eigenvalue weighted by molar-refractivity contribution is 7.20. The molecule has 2 heterocycles. The third-order valence-electron chi connectivity index (χ3n) is 6.18. The molecule has 0 saturated carbocycles. The van der Waals surface area contributed by atoms with Gasteiger partial charge in [0.15, 0.2) is 0 Å². The zero-order chi connectivity index (χ0) is 24.1. The topological polar surface area (TPSA) is 26.3 Å². The summed E-state index contributed by atoms with van der Waals surface area (Å²) in [7, 11) is 0. The average Bonchev–Trinajstić information content (AvgIpc) is 3.36. The molecule has 0 amide bonds. The van der Waals surface area contributed by atoms with Gasteiger partial charge in [-0.1, -0.05) is 35.3 Å². The van der Waals surface area contributed by atoms with Gasteiger partial charge in [0.2, 0.25) is 0 Å². The Morgan fingerprint density at radius 3 is 1.85 bits per heavy atom. The van der Waals surface area contributed by atoms with E-state index in [0.717, 1.165) is 42.9 Å². The summed E-state index contributed by atoms with van der Waals surface area (Å²) in [6, 6.07) is 16.5. The SMILES string of the molecule is CCOC(=O)c1cc2cc(Cl)c(-c3ccc(-c4cc5sc(C)cc5cc4Cl)c(C)c3C)cc2s1. The van der Waals surface area contributed by atoms with E-state index in [1.54, 1.807) is 11.3 Å². The summed E-state index contributed by atoms with van der Waals surface area (Å²) in [6.07, 6.45) is 0. The summed E-state index contributed by atoms with van der Waals surface area (Å²) in [5.41, 5.74) is 6.51. The molecule has 0 aliphatic heterocycles. The van der Waals surface area contributed by atoms with Crippen molar-refractivity contribution in [3.63, 3.8) is 0 Å². The Morgan fingerprint density at radius 2 is 1.29 bits per heavy atom. The van der Waals surface area contributed by atoms with Crippen LogP contribution in [-0.4, -0.2) is 12.6 Å². The molecule has 0 radical (unpaired) electrons. The summed E-state index contributed by atoms with van der Waals surface area (Å²) in [6.45, 7) is 8.53. The Kier molecular flexibility index (Phi) is 6.19. The number of ether oxygens (including phenoxy) is 1. The minimum absolute atomic E-state index is 0.299. The lowest BCUT2D eigenvalue weighted by Crippen LogP contribution is -2.01. The van der Waals surface area contributed by atoms with Crippen molar-refractivity contribution in [1.29, 1.82) is 0 Å². The minimum atomic E-state index is -0.299. The van der Waals surface area contributed by atoms with Gasteiger partial charge in [-0.25, -0.2) is 4.79 Å². The molecule has 0 fully saturated rings. The highest BCUT2D eigenvalue weighted by Crippen LogP contribution is 2.42. The number of carbonyl (C=O) groups excluding carboxylic acids is 1. The summed E-state index contributed by atoms with van der Waals surface area (Å²) >= 11 is 16.7. The first-order valence-electron chi connectivity index (χ1n) is 11.0. The van der Waals surface area contributed by atoms with E-state index in [1.807, 2.05) is 19.1 Å². The zero-order valence-corrected chi connectivity index (χ0v) is 22.4. The van der Waals surface area contributed by atoms with Crippen LogP contribution in [0.15, 0.2) is 48.5 Å². The van der Waals surface area contributed by atoms with Crippen molar-refractivity contribution >= 4 is 72.0 Å². The summed E-state index contributed by atoms with van der Waals surface area (Å²) in [5, 5.41) is 3.54. The molecule has 2 nitrogen and oxygen atoms in total. The Hall–Kier alpha value is -2.37. The van der Waals surface area contributed by atoms with Crippen LogP contribution in [0.25, 0.3) is 42.4 Å². The van der Waals surface area contributed by atoms with Gasteiger partial charge < -0.3 is 4.74 Å². The third-order valence-corrected chi connectivity index (χ3v) is 8.90. The predicted molar refractivity (Wildman–Crippen MR) is 148 cm³/mol. The maximum atomic E-state index is 12.2. The minimum Gasteiger partial charge on any atom is -0.462 e. The van der Waals surface area contributed by atoms with Crippen molar-refractivity contribution in [3.8, 4) is 22.3 Å². The van der Waals surface area contributed by atoms with Crippen LogP contribution in [0.3, 0.4) is 0 Å². The molecule has 0 bridgehead atoms. The number of aryl methyl sites for hydroxylation is 1. The van der Waals surface area contributed by atoms with E-state index in [4.69, 9.17) is 27.9 Å². The number of rotatable bonds is 4. The van der Waals surface area contributed by atoms with Crippen LogP contribution in [0.2, 0.25) is 10.0 Å². The van der Waals surface area contributed by atoms with Crippen molar-refractivity contribution in [3.05, 3.63) is 79.5 Å². The van der Waals surface area contributed by atoms with E-state index in [2.05, 4.69) is 57.2 Å². The smallest absolute Gasteiger partial charge is 0.348 e. The van der Waals surface area contributed by atoms with Crippen LogP contribution in [0.4, 0.5) is 0 Å². The summed E-state index contributed by atoms with van der Waals surface area (Å²) in [4.78, 5) is 14.0. The predicted octanol–water partition coefficient (Wildman–Crippen LogP) is 9.86. The van der Waals surface area contributed by atoms with Crippen LogP contribution in [-0.2, 0) is 4.74 Å². The first-order valence-corrected chi connectivity index (χ1v) is 13.4. The van der Waals surface area contributed by atoms with Gasteiger partial charge in [-0.3, -0.25) is 0 Å². The molecule has 0 unspecified atom stereocenters. The second-order valence-corrected chi connectivity index (χ2v) is 11.5. The normalized spacial score (nSPS) is 11.5. The second kappa shape index (κ2) is 9.01. The van der Waals surface area contributed by atoms with E-state index >= 15 is 0 Å². The number of esters is 1. The summed E-state index contributed by atoms with van der Waals surface area (Å²) < 4.78 is 7.40. The molecule has 0 aliphatic carbocycles. The quantitative estimate of drug-likeness (QED) is 0.218. The highest BCUT2D eigenvalue weighted by atomic mass is 35.5. The van der Waals surface area contributed by atoms with Gasteiger partial charge in [0.25, 0.3) is 0 Å². The Balaban J connectivity index is 1.61. The van der Waals surface area contributed by atoms with Gasteiger partial charge >= 0.3 is 5.97 Å². The molecule has 0 spiro atoms. The lowest BCUT2D eigenvalue weighted by molar-refractivity contribution is 0.0532. The van der Waals surface area contributed by atoms with Gasteiger partial charge in [0, 0.05) is 35.4 Å². The number of benzene rings is 3. The van der Waals surface area contributed by atoms with Crippen LogP contribution in [0.1, 0.15) is 32.6 Å². The van der Waals surface area contributed by atoms with E-state index < -0.39 is 0 Å². The number of hydrogen-bond donors (Lipinski definition) is 0. The van der Waals surface area contributed by atoms with E-state index in [0.29, 0.717) is 16.5 Å². The molecule has 5 aromatic rings. The number of halogens is 2. The van der Waals surface area contributed by atoms with Crippen LogP contribution < -0.4 is 0 Å². The van der Waals surface area contributed by atoms with Gasteiger partial charge in [0.1, 0.15) is 4.88 Å². The van der Waals surface area contributed by atoms with Crippen molar-refractivity contribution < 1.29 is 9.53 Å². The molecule has 0 saturated heterocycles. The third kappa shape index (κ3) is 4.03. The van der Waals surface area contributed by atoms with Gasteiger partial charge in [-0.05, 0) is 97.1 Å². The maximum Gasteiger partial charge on any atom is 0.348 e. The number of carbonyl (C=O) groups is 1. The highest BCUT2D eigenvalue weighted by Gasteiger charge is 2.17. The average molecular weight is 526 g/mol. The Labute approximate surface area is 216 Å². The van der Waals surface area contributed by atoms with Crippen LogP contribution in [0.5, 0.6) is 0 Å². The largest absolute Gasteiger partial charge is 0.462 e. The number of fused-ring (bicyclic) bond motifs is 2. The first kappa shape index (κ1) is 23.4. The fourth-order valence-electron chi connectivity index (χ4n) is 4.37. The Bertz CT molecular complexity index is 1590. The molecule has 0 atom stereocenters. The monoisotopic (exact) mass is 524 g/mol. The fourth-order valence-corrected chi connectivity index (χ4v) is 6.84. The zero-order valence-electron chi connectivity index (χ0n) is 19.2. The second-order valence-electron chi connectivity index (χ2n) is 8.34. The fraction of sp³-hybridized carbons (Fsp3) is 0.179. The molecule has 0 aliphatic rings. The molecule has 0 N–H and O–H groups in total. The Morgan fingerprint density at radius 1 is 0.765 bits per heavy atom. The molecule has 5 rings (SSSR count). The number of hydrogen-bond acceptors (Lipinski definition) is 4. The maximum absolute atomic E-state index is 12.2. The van der Waals surface area contributed by atoms with Crippen molar-refractivity contribution in [2.24, 2.45) is 0 Å². The lowest BCUT2D eigenvalue weighted by Gasteiger charge is -2.16. The van der Waals surface area contributed by atoms with E-state index in [-0.39, 0.29) is 5.97 Å². The molecular weight excluding hydrogens is 503 g/mol. The van der Waals surface area contributed by atoms with Gasteiger partial charge in [-0.2, -0.15) is 0 Å². The van der Waals surface area contributed by atoms with Crippen molar-refractivity contribution in [1.82, 2.24) is 0 Å². The van der Waals surface area contributed by atoms with E-state index in [9.17, 15) is 4.79 Å². The molecular formula is C28H22Cl2O2S2. The van der Waals surface area contributed by atoms with E-state index in [1.165, 1.54) is 31.9 Å². The lowest BCUT2D eigenvalue weighted by atomic mass is 9.90. The van der Waals surface area contributed by atoms with Crippen LogP contribution in [0, 0.1) is 20.8 Å². The van der Waals surface area contributed by atoms with Gasteiger partial charge in [0.05, 0.1) is 6.61 Å². The summed E-state index contributed by atoms with van der Waals surface area (Å²) in [5.74, 6) is -0.299. The molecule has 34 heavy (non-hydrogen) atoms.